The van der Waals surface area contributed by atoms with Crippen molar-refractivity contribution in [3.05, 3.63) is 88.0 Å². The molecule has 1 aliphatic heterocycles. The average molecular weight is 403 g/mol. The largest absolute Gasteiger partial charge is 0.325 e. The van der Waals surface area contributed by atoms with Crippen LogP contribution in [0, 0.1) is 10.1 Å². The topological polar surface area (TPSA) is 110 Å². The number of fused-ring (bicyclic) bond motifs is 1. The summed E-state index contributed by atoms with van der Waals surface area (Å²) in [5.41, 5.74) is -0.733. The number of hydrogen-bond acceptors (Lipinski definition) is 5. The minimum absolute atomic E-state index is 0.123. The van der Waals surface area contributed by atoms with E-state index in [9.17, 15) is 24.5 Å². The number of nitrogens with zero attached hydrogens (tertiary/aromatic N) is 2. The van der Waals surface area contributed by atoms with Gasteiger partial charge in [0.1, 0.15) is 5.54 Å². The van der Waals surface area contributed by atoms with E-state index in [2.05, 4.69) is 5.32 Å². The van der Waals surface area contributed by atoms with Gasteiger partial charge in [-0.05, 0) is 41.5 Å². The Morgan fingerprint density at radius 2 is 1.70 bits per heavy atom. The second kappa shape index (κ2) is 7.07. The van der Waals surface area contributed by atoms with Crippen molar-refractivity contribution < 1.29 is 19.3 Å². The number of nitro groups is 1. The Bertz CT molecular complexity index is 1200. The Balaban J connectivity index is 1.57. The number of carbonyl (C=O) groups is 3. The number of ketones is 1. The fourth-order valence-corrected chi connectivity index (χ4v) is 3.55. The summed E-state index contributed by atoms with van der Waals surface area (Å²) in [6.07, 6.45) is 0. The van der Waals surface area contributed by atoms with Crippen molar-refractivity contribution in [3.63, 3.8) is 0 Å². The predicted octanol–water partition coefficient (Wildman–Crippen LogP) is 3.40. The van der Waals surface area contributed by atoms with Crippen LogP contribution >= 0.6 is 0 Å². The van der Waals surface area contributed by atoms with E-state index in [1.165, 1.54) is 31.2 Å². The lowest BCUT2D eigenvalue weighted by Gasteiger charge is -2.22. The Hall–Kier alpha value is -4.07. The first kappa shape index (κ1) is 19.3. The molecule has 8 heteroatoms. The Labute approximate surface area is 171 Å². The molecule has 1 atom stereocenters. The number of Topliss-reactive ketones (excluding diaryl/α,β-unsaturated/α-hetero) is 1. The van der Waals surface area contributed by atoms with Gasteiger partial charge >= 0.3 is 6.03 Å². The number of carbonyl (C=O) groups excluding carboxylic acids is 3. The van der Waals surface area contributed by atoms with Gasteiger partial charge in [0.2, 0.25) is 0 Å². The molecular weight excluding hydrogens is 386 g/mol. The van der Waals surface area contributed by atoms with Crippen LogP contribution in [0.2, 0.25) is 0 Å². The molecule has 3 amide bonds. The zero-order valence-electron chi connectivity index (χ0n) is 16.0. The number of imide groups is 1. The van der Waals surface area contributed by atoms with Gasteiger partial charge in [-0.15, -0.1) is 0 Å². The molecule has 0 spiro atoms. The second-order valence-electron chi connectivity index (χ2n) is 7.24. The van der Waals surface area contributed by atoms with Crippen molar-refractivity contribution >= 4 is 34.2 Å². The van der Waals surface area contributed by atoms with Crippen LogP contribution in [0.1, 0.15) is 22.8 Å². The first-order valence-electron chi connectivity index (χ1n) is 9.20. The Morgan fingerprint density at radius 1 is 1.03 bits per heavy atom. The number of rotatable bonds is 5. The molecule has 1 aliphatic rings. The van der Waals surface area contributed by atoms with E-state index in [1.807, 2.05) is 30.3 Å². The first-order chi connectivity index (χ1) is 14.3. The molecule has 0 aromatic heterocycles. The van der Waals surface area contributed by atoms with Gasteiger partial charge in [-0.2, -0.15) is 0 Å². The maximum absolute atomic E-state index is 13.0. The molecule has 1 unspecified atom stereocenters. The summed E-state index contributed by atoms with van der Waals surface area (Å²) >= 11 is 0. The van der Waals surface area contributed by atoms with E-state index in [-0.39, 0.29) is 11.5 Å². The van der Waals surface area contributed by atoms with Crippen molar-refractivity contribution in [2.45, 2.75) is 12.5 Å². The summed E-state index contributed by atoms with van der Waals surface area (Å²) < 4.78 is 0. The number of nitro benzene ring substituents is 1. The first-order valence-corrected chi connectivity index (χ1v) is 9.20. The minimum Gasteiger partial charge on any atom is -0.319 e. The van der Waals surface area contributed by atoms with Gasteiger partial charge in [0.15, 0.2) is 5.78 Å². The number of benzene rings is 3. The number of amides is 3. The smallest absolute Gasteiger partial charge is 0.319 e. The summed E-state index contributed by atoms with van der Waals surface area (Å²) in [5, 5.41) is 15.3. The van der Waals surface area contributed by atoms with Gasteiger partial charge in [-0.25, -0.2) is 4.79 Å². The predicted molar refractivity (Wildman–Crippen MR) is 109 cm³/mol. The maximum atomic E-state index is 13.0. The van der Waals surface area contributed by atoms with E-state index >= 15 is 0 Å². The number of non-ortho nitro benzene ring substituents is 1. The molecule has 1 saturated heterocycles. The Kier molecular flexibility index (Phi) is 4.54. The maximum Gasteiger partial charge on any atom is 0.325 e. The highest BCUT2D eigenvalue weighted by Gasteiger charge is 2.49. The van der Waals surface area contributed by atoms with E-state index in [1.54, 1.807) is 12.1 Å². The number of urea groups is 1. The quantitative estimate of drug-likeness (QED) is 0.304. The molecule has 1 heterocycles. The van der Waals surface area contributed by atoms with E-state index in [4.69, 9.17) is 0 Å². The molecule has 1 N–H and O–H groups in total. The van der Waals surface area contributed by atoms with Crippen LogP contribution in [-0.2, 0) is 10.3 Å². The summed E-state index contributed by atoms with van der Waals surface area (Å²) in [6, 6.07) is 17.5. The van der Waals surface area contributed by atoms with Crippen LogP contribution in [0.4, 0.5) is 10.5 Å². The molecule has 0 radical (unpaired) electrons. The zero-order valence-corrected chi connectivity index (χ0v) is 16.0. The monoisotopic (exact) mass is 403 g/mol. The van der Waals surface area contributed by atoms with E-state index in [0.717, 1.165) is 15.7 Å². The van der Waals surface area contributed by atoms with Gasteiger partial charge in [0, 0.05) is 17.7 Å². The molecule has 4 rings (SSSR count). The molecular formula is C22H17N3O5. The van der Waals surface area contributed by atoms with Crippen LogP contribution in [0.3, 0.4) is 0 Å². The molecule has 30 heavy (non-hydrogen) atoms. The summed E-state index contributed by atoms with van der Waals surface area (Å²) in [4.78, 5) is 49.4. The summed E-state index contributed by atoms with van der Waals surface area (Å²) in [5.74, 6) is -0.951. The van der Waals surface area contributed by atoms with Crippen molar-refractivity contribution in [2.24, 2.45) is 0 Å². The summed E-state index contributed by atoms with van der Waals surface area (Å²) in [6.45, 7) is 1.11. The van der Waals surface area contributed by atoms with Crippen LogP contribution in [-0.4, -0.2) is 34.1 Å². The van der Waals surface area contributed by atoms with Gasteiger partial charge in [0.25, 0.3) is 11.6 Å². The van der Waals surface area contributed by atoms with E-state index < -0.39 is 28.9 Å². The highest BCUT2D eigenvalue weighted by atomic mass is 16.6. The van der Waals surface area contributed by atoms with Gasteiger partial charge in [0.05, 0.1) is 11.5 Å². The van der Waals surface area contributed by atoms with Gasteiger partial charge < -0.3 is 5.32 Å². The minimum atomic E-state index is -1.41. The van der Waals surface area contributed by atoms with Gasteiger partial charge in [-0.3, -0.25) is 24.6 Å². The lowest BCUT2D eigenvalue weighted by atomic mass is 9.92. The molecule has 0 aliphatic carbocycles. The van der Waals surface area contributed by atoms with Crippen LogP contribution < -0.4 is 5.32 Å². The van der Waals surface area contributed by atoms with Crippen molar-refractivity contribution in [2.75, 3.05) is 6.54 Å². The van der Waals surface area contributed by atoms with Gasteiger partial charge in [-0.1, -0.05) is 36.4 Å². The zero-order chi connectivity index (χ0) is 21.5. The fourth-order valence-electron chi connectivity index (χ4n) is 3.55. The lowest BCUT2D eigenvalue weighted by molar-refractivity contribution is -0.384. The highest BCUT2D eigenvalue weighted by molar-refractivity contribution is 6.11. The third kappa shape index (κ3) is 3.18. The molecule has 8 nitrogen and oxygen atoms in total. The molecule has 0 bridgehead atoms. The Morgan fingerprint density at radius 3 is 2.37 bits per heavy atom. The highest BCUT2D eigenvalue weighted by Crippen LogP contribution is 2.30. The SMILES string of the molecule is CC1(c2ccc([N+](=O)[O-])cc2)NC(=O)N(CC(=O)c2ccc3ccccc3c2)C1=O. The number of nitrogens with one attached hydrogen (secondary N) is 1. The van der Waals surface area contributed by atoms with Crippen LogP contribution in [0.5, 0.6) is 0 Å². The van der Waals surface area contributed by atoms with E-state index in [0.29, 0.717) is 11.1 Å². The van der Waals surface area contributed by atoms with Crippen molar-refractivity contribution in [1.29, 1.82) is 0 Å². The lowest BCUT2D eigenvalue weighted by Crippen LogP contribution is -2.41. The third-order valence-electron chi connectivity index (χ3n) is 5.30. The van der Waals surface area contributed by atoms with Crippen LogP contribution in [0.25, 0.3) is 10.8 Å². The number of hydrogen-bond donors (Lipinski definition) is 1. The normalized spacial score (nSPS) is 18.5. The molecule has 3 aromatic rings. The average Bonchev–Trinajstić information content (AvgIpc) is 2.97. The van der Waals surface area contributed by atoms with Crippen molar-refractivity contribution in [3.8, 4) is 0 Å². The fraction of sp³-hybridized carbons (Fsp3) is 0.136. The molecule has 1 fully saturated rings. The molecule has 3 aromatic carbocycles. The summed E-state index contributed by atoms with van der Waals surface area (Å²) in [7, 11) is 0. The third-order valence-corrected chi connectivity index (χ3v) is 5.30. The standard InChI is InChI=1S/C22H17N3O5/c1-22(17-8-10-18(11-9-17)25(29)30)20(27)24(21(28)23-22)13-19(26)16-7-6-14-4-2-3-5-15(14)12-16/h2-12H,13H2,1H3,(H,23,28). The van der Waals surface area contributed by atoms with Crippen LogP contribution in [0.15, 0.2) is 66.7 Å². The molecule has 150 valence electrons. The van der Waals surface area contributed by atoms with Crippen molar-refractivity contribution in [1.82, 2.24) is 10.2 Å². The second-order valence-corrected chi connectivity index (χ2v) is 7.24. The molecule has 0 saturated carbocycles.